The van der Waals surface area contributed by atoms with Crippen LogP contribution in [0.1, 0.15) is 24.8 Å². The summed E-state index contributed by atoms with van der Waals surface area (Å²) in [5.74, 6) is -2.70. The lowest BCUT2D eigenvalue weighted by Crippen LogP contribution is -2.42. The monoisotopic (exact) mass is 354 g/mol. The van der Waals surface area contributed by atoms with Gasteiger partial charge in [-0.05, 0) is 31.2 Å². The van der Waals surface area contributed by atoms with Gasteiger partial charge in [0.15, 0.2) is 0 Å². The highest BCUT2D eigenvalue weighted by molar-refractivity contribution is 7.59. The molecular formula is C16H23N2O5P. The van der Waals surface area contributed by atoms with Gasteiger partial charge in [0.2, 0.25) is 13.3 Å². The fraction of sp³-hybridized carbons (Fsp3) is 0.500. The maximum absolute atomic E-state index is 12.4. The number of nitrogens with two attached hydrogens (primary N) is 1. The van der Waals surface area contributed by atoms with Crippen LogP contribution in [0, 0.1) is 0 Å². The molecule has 0 radical (unpaired) electrons. The second-order valence-corrected chi connectivity index (χ2v) is 8.58. The van der Waals surface area contributed by atoms with Crippen LogP contribution in [-0.2, 0) is 20.6 Å². The van der Waals surface area contributed by atoms with Crippen LogP contribution in [0.25, 0.3) is 0 Å². The molecule has 1 saturated heterocycles. The van der Waals surface area contributed by atoms with E-state index in [9.17, 15) is 19.0 Å². The fourth-order valence-electron chi connectivity index (χ4n) is 2.88. The van der Waals surface area contributed by atoms with Crippen molar-refractivity contribution in [3.63, 3.8) is 0 Å². The van der Waals surface area contributed by atoms with Crippen molar-refractivity contribution in [3.8, 4) is 0 Å². The van der Waals surface area contributed by atoms with Crippen molar-refractivity contribution >= 4 is 19.2 Å². The highest BCUT2D eigenvalue weighted by Crippen LogP contribution is 2.46. The molecule has 132 valence electrons. The third kappa shape index (κ3) is 4.66. The SMILES string of the molecule is NC(CCc1ccccc1)P(=O)(O)CC(=O)N1CCC[C@H]1C(=O)O. The summed E-state index contributed by atoms with van der Waals surface area (Å²) in [5, 5.41) is 9.10. The normalized spacial score (nSPS) is 21.2. The second-order valence-electron chi connectivity index (χ2n) is 6.09. The molecule has 7 nitrogen and oxygen atoms in total. The molecule has 1 amide bonds. The van der Waals surface area contributed by atoms with Gasteiger partial charge in [-0.25, -0.2) is 4.79 Å². The Labute approximate surface area is 140 Å². The van der Waals surface area contributed by atoms with Crippen molar-refractivity contribution < 1.29 is 24.2 Å². The van der Waals surface area contributed by atoms with E-state index in [0.29, 0.717) is 25.8 Å². The standard InChI is InChI=1S/C16H23N2O5P/c17-14(9-8-12-5-2-1-3-6-12)24(22,23)11-15(19)18-10-4-7-13(18)16(20)21/h1-3,5-6,13-14H,4,7-11,17H2,(H,20,21)(H,22,23)/t13-,14?/m0/s1. The molecule has 0 aliphatic carbocycles. The van der Waals surface area contributed by atoms with Gasteiger partial charge in [-0.2, -0.15) is 0 Å². The van der Waals surface area contributed by atoms with Gasteiger partial charge in [-0.1, -0.05) is 30.3 Å². The molecule has 2 rings (SSSR count). The zero-order chi connectivity index (χ0) is 17.7. The van der Waals surface area contributed by atoms with Crippen LogP contribution in [0.15, 0.2) is 30.3 Å². The topological polar surface area (TPSA) is 121 Å². The van der Waals surface area contributed by atoms with E-state index in [0.717, 1.165) is 5.56 Å². The number of nitrogens with zero attached hydrogens (tertiary/aromatic N) is 1. The molecule has 1 aliphatic heterocycles. The van der Waals surface area contributed by atoms with Gasteiger partial charge in [0.1, 0.15) is 12.2 Å². The van der Waals surface area contributed by atoms with Crippen LogP contribution < -0.4 is 5.73 Å². The molecule has 1 fully saturated rings. The third-order valence-electron chi connectivity index (χ3n) is 4.31. The quantitative estimate of drug-likeness (QED) is 0.634. The average molecular weight is 354 g/mol. The Balaban J connectivity index is 1.93. The molecule has 0 bridgehead atoms. The minimum absolute atomic E-state index is 0.285. The highest BCUT2D eigenvalue weighted by Gasteiger charge is 2.38. The summed E-state index contributed by atoms with van der Waals surface area (Å²) in [4.78, 5) is 34.7. The van der Waals surface area contributed by atoms with Crippen molar-refractivity contribution in [3.05, 3.63) is 35.9 Å². The first-order valence-corrected chi connectivity index (χ1v) is 9.86. The molecule has 24 heavy (non-hydrogen) atoms. The van der Waals surface area contributed by atoms with Crippen LogP contribution in [0.4, 0.5) is 0 Å². The van der Waals surface area contributed by atoms with E-state index in [4.69, 9.17) is 10.8 Å². The number of benzene rings is 1. The average Bonchev–Trinajstić information content (AvgIpc) is 3.03. The van der Waals surface area contributed by atoms with Crippen LogP contribution in [0.2, 0.25) is 0 Å². The number of rotatable bonds is 7. The molecule has 0 spiro atoms. The van der Waals surface area contributed by atoms with Gasteiger partial charge in [-0.3, -0.25) is 9.36 Å². The lowest BCUT2D eigenvalue weighted by atomic mass is 10.1. The lowest BCUT2D eigenvalue weighted by Gasteiger charge is -2.25. The predicted molar refractivity (Wildman–Crippen MR) is 89.8 cm³/mol. The van der Waals surface area contributed by atoms with Gasteiger partial charge in [-0.15, -0.1) is 0 Å². The number of carbonyl (C=O) groups is 2. The first kappa shape index (κ1) is 18.6. The number of carboxylic acids is 1. The van der Waals surface area contributed by atoms with Gasteiger partial charge >= 0.3 is 5.97 Å². The lowest BCUT2D eigenvalue weighted by molar-refractivity contribution is -0.147. The van der Waals surface area contributed by atoms with Crippen LogP contribution >= 0.6 is 7.37 Å². The minimum atomic E-state index is -3.89. The van der Waals surface area contributed by atoms with Gasteiger partial charge < -0.3 is 20.6 Å². The second kappa shape index (κ2) is 7.92. The zero-order valence-electron chi connectivity index (χ0n) is 13.4. The van der Waals surface area contributed by atoms with Crippen LogP contribution in [0.5, 0.6) is 0 Å². The maximum atomic E-state index is 12.4. The fourth-order valence-corrected chi connectivity index (χ4v) is 4.22. The number of carbonyl (C=O) groups excluding carboxylic acids is 1. The van der Waals surface area contributed by atoms with Gasteiger partial charge in [0, 0.05) is 6.54 Å². The Morgan fingerprint density at radius 3 is 2.62 bits per heavy atom. The number of likely N-dealkylation sites (tertiary alicyclic amines) is 1. The summed E-state index contributed by atoms with van der Waals surface area (Å²) < 4.78 is 12.4. The van der Waals surface area contributed by atoms with E-state index < -0.39 is 37.2 Å². The molecule has 1 aromatic rings. The van der Waals surface area contributed by atoms with Crippen molar-refractivity contribution in [2.75, 3.05) is 12.7 Å². The summed E-state index contributed by atoms with van der Waals surface area (Å²) in [6.07, 6.45) is 1.18. The molecule has 2 unspecified atom stereocenters. The first-order chi connectivity index (χ1) is 11.3. The predicted octanol–water partition coefficient (Wildman–Crippen LogP) is 1.25. The number of hydrogen-bond donors (Lipinski definition) is 3. The molecule has 1 heterocycles. The Morgan fingerprint density at radius 1 is 1.33 bits per heavy atom. The molecule has 8 heteroatoms. The number of amides is 1. The van der Waals surface area contributed by atoms with Crippen LogP contribution in [0.3, 0.4) is 0 Å². The molecular weight excluding hydrogens is 331 g/mol. The highest BCUT2D eigenvalue weighted by atomic mass is 31.2. The smallest absolute Gasteiger partial charge is 0.326 e. The summed E-state index contributed by atoms with van der Waals surface area (Å²) >= 11 is 0. The van der Waals surface area contributed by atoms with Gasteiger partial charge in [0.05, 0.1) is 5.78 Å². The Hall–Kier alpha value is -1.69. The summed E-state index contributed by atoms with van der Waals surface area (Å²) in [7, 11) is -3.89. The summed E-state index contributed by atoms with van der Waals surface area (Å²) in [6, 6.07) is 8.54. The van der Waals surface area contributed by atoms with Crippen molar-refractivity contribution in [1.82, 2.24) is 4.90 Å². The van der Waals surface area contributed by atoms with E-state index in [-0.39, 0.29) is 6.42 Å². The van der Waals surface area contributed by atoms with Gasteiger partial charge in [0.25, 0.3) is 0 Å². The van der Waals surface area contributed by atoms with Crippen molar-refractivity contribution in [2.45, 2.75) is 37.5 Å². The van der Waals surface area contributed by atoms with E-state index in [1.807, 2.05) is 30.3 Å². The minimum Gasteiger partial charge on any atom is -0.480 e. The summed E-state index contributed by atoms with van der Waals surface area (Å²) in [5.41, 5.74) is 6.84. The first-order valence-electron chi connectivity index (χ1n) is 7.94. The van der Waals surface area contributed by atoms with E-state index >= 15 is 0 Å². The number of aryl methyl sites for hydroxylation is 1. The Kier molecular flexibility index (Phi) is 6.15. The maximum Gasteiger partial charge on any atom is 0.326 e. The summed E-state index contributed by atoms with van der Waals surface area (Å²) in [6.45, 7) is 0.301. The number of hydrogen-bond acceptors (Lipinski definition) is 4. The molecule has 1 aliphatic rings. The molecule has 0 saturated carbocycles. The molecule has 0 aromatic heterocycles. The largest absolute Gasteiger partial charge is 0.480 e. The molecule has 1 aromatic carbocycles. The van der Waals surface area contributed by atoms with E-state index in [1.54, 1.807) is 0 Å². The van der Waals surface area contributed by atoms with Crippen molar-refractivity contribution in [1.29, 1.82) is 0 Å². The third-order valence-corrected chi connectivity index (χ3v) is 6.33. The number of aliphatic carboxylic acids is 1. The Morgan fingerprint density at radius 2 is 2.00 bits per heavy atom. The molecule has 4 N–H and O–H groups in total. The van der Waals surface area contributed by atoms with E-state index in [2.05, 4.69) is 0 Å². The van der Waals surface area contributed by atoms with E-state index in [1.165, 1.54) is 4.90 Å². The molecule has 3 atom stereocenters. The Bertz CT molecular complexity index is 637. The van der Waals surface area contributed by atoms with Crippen LogP contribution in [-0.4, -0.2) is 51.3 Å². The zero-order valence-corrected chi connectivity index (χ0v) is 14.3. The van der Waals surface area contributed by atoms with Crippen molar-refractivity contribution in [2.24, 2.45) is 5.73 Å². The number of carboxylic acid groups (broad SMARTS) is 1.